The summed E-state index contributed by atoms with van der Waals surface area (Å²) in [6.07, 6.45) is 1.72. The van der Waals surface area contributed by atoms with E-state index in [1.54, 1.807) is 16.8 Å². The molecule has 0 spiro atoms. The minimum Gasteiger partial charge on any atom is -0.506 e. The molecule has 0 aliphatic carbocycles. The zero-order valence-electron chi connectivity index (χ0n) is 12.0. The molecule has 108 valence electrons. The van der Waals surface area contributed by atoms with Crippen LogP contribution in [0.2, 0.25) is 5.02 Å². The zero-order chi connectivity index (χ0) is 15.3. The second-order valence-electron chi connectivity index (χ2n) is 5.41. The molecule has 2 heterocycles. The number of aryl methyl sites for hydroxylation is 1. The van der Waals surface area contributed by atoms with Gasteiger partial charge in [-0.2, -0.15) is 0 Å². The molecule has 4 nitrogen and oxygen atoms in total. The average Bonchev–Trinajstić information content (AvgIpc) is 2.42. The van der Waals surface area contributed by atoms with Crippen molar-refractivity contribution < 1.29 is 5.11 Å². The van der Waals surface area contributed by atoms with E-state index in [-0.39, 0.29) is 22.4 Å². The van der Waals surface area contributed by atoms with Gasteiger partial charge in [-0.1, -0.05) is 11.6 Å². The first kappa shape index (κ1) is 13.9. The number of phenolic OH excluding ortho intramolecular Hbond substituents is 1. The van der Waals surface area contributed by atoms with Crippen molar-refractivity contribution in [3.8, 4) is 5.75 Å². The number of phenols is 1. The van der Waals surface area contributed by atoms with E-state index in [2.05, 4.69) is 4.98 Å². The molecule has 3 rings (SSSR count). The fraction of sp³-hybridized carbons (Fsp3) is 0.250. The Morgan fingerprint density at radius 3 is 2.62 bits per heavy atom. The topological polar surface area (TPSA) is 55.1 Å². The first-order chi connectivity index (χ1) is 9.91. The Hall–Kier alpha value is -2.07. The molecule has 0 aliphatic rings. The Labute approximate surface area is 126 Å². The maximum atomic E-state index is 12.8. The minimum absolute atomic E-state index is 0.00915. The van der Waals surface area contributed by atoms with Gasteiger partial charge in [0.15, 0.2) is 0 Å². The van der Waals surface area contributed by atoms with Gasteiger partial charge in [-0.05, 0) is 44.4 Å². The highest BCUT2D eigenvalue weighted by Crippen LogP contribution is 2.32. The lowest BCUT2D eigenvalue weighted by molar-refractivity contribution is 0.476. The first-order valence-electron chi connectivity index (χ1n) is 6.74. The van der Waals surface area contributed by atoms with Crippen LogP contribution in [0.5, 0.6) is 5.75 Å². The van der Waals surface area contributed by atoms with Gasteiger partial charge in [0.2, 0.25) is 0 Å². The Balaban J connectivity index is 2.70. The predicted octanol–water partition coefficient (Wildman–Crippen LogP) is 3.80. The second kappa shape index (κ2) is 4.74. The van der Waals surface area contributed by atoms with Crippen molar-refractivity contribution in [1.82, 2.24) is 9.55 Å². The minimum atomic E-state index is -0.143. The van der Waals surface area contributed by atoms with Crippen molar-refractivity contribution in [3.05, 3.63) is 45.5 Å². The number of aromatic nitrogens is 2. The van der Waals surface area contributed by atoms with Crippen molar-refractivity contribution in [2.24, 2.45) is 0 Å². The van der Waals surface area contributed by atoms with Gasteiger partial charge in [-0.15, -0.1) is 0 Å². The summed E-state index contributed by atoms with van der Waals surface area (Å²) in [5.74, 6) is -0.0818. The third-order valence-electron chi connectivity index (χ3n) is 3.69. The van der Waals surface area contributed by atoms with Gasteiger partial charge in [0, 0.05) is 17.6 Å². The normalized spacial score (nSPS) is 11.7. The average molecular weight is 303 g/mol. The molecule has 21 heavy (non-hydrogen) atoms. The molecule has 0 atom stereocenters. The summed E-state index contributed by atoms with van der Waals surface area (Å²) >= 11 is 6.01. The number of hydrogen-bond donors (Lipinski definition) is 1. The van der Waals surface area contributed by atoms with Crippen LogP contribution in [-0.4, -0.2) is 14.7 Å². The standard InChI is InChI=1S/C16H15ClN2O2/c1-8(2)19-15-9(3)18-5-4-10(15)11-6-13(17)14(20)7-12(11)16(19)21/h4-8,20H,1-3H3. The van der Waals surface area contributed by atoms with Crippen molar-refractivity contribution in [3.63, 3.8) is 0 Å². The Kier molecular flexibility index (Phi) is 3.14. The van der Waals surface area contributed by atoms with E-state index in [1.165, 1.54) is 6.07 Å². The van der Waals surface area contributed by atoms with Gasteiger partial charge in [0.1, 0.15) is 5.75 Å². The van der Waals surface area contributed by atoms with Crippen LogP contribution in [0, 0.1) is 6.92 Å². The predicted molar refractivity (Wildman–Crippen MR) is 85.3 cm³/mol. The highest BCUT2D eigenvalue weighted by atomic mass is 35.5. The maximum absolute atomic E-state index is 12.8. The van der Waals surface area contributed by atoms with Crippen LogP contribution in [0.15, 0.2) is 29.2 Å². The van der Waals surface area contributed by atoms with Gasteiger partial charge in [0.25, 0.3) is 5.56 Å². The lowest BCUT2D eigenvalue weighted by Crippen LogP contribution is -2.23. The van der Waals surface area contributed by atoms with Crippen LogP contribution >= 0.6 is 11.6 Å². The maximum Gasteiger partial charge on any atom is 0.259 e. The van der Waals surface area contributed by atoms with Gasteiger partial charge in [0.05, 0.1) is 21.6 Å². The van der Waals surface area contributed by atoms with Crippen LogP contribution in [0.3, 0.4) is 0 Å². The number of hydrogen-bond acceptors (Lipinski definition) is 3. The van der Waals surface area contributed by atoms with Crippen molar-refractivity contribution in [2.75, 3.05) is 0 Å². The molecule has 5 heteroatoms. The number of nitrogens with zero attached hydrogens (tertiary/aromatic N) is 2. The Morgan fingerprint density at radius 1 is 1.24 bits per heavy atom. The number of benzene rings is 1. The summed E-state index contributed by atoms with van der Waals surface area (Å²) in [7, 11) is 0. The van der Waals surface area contributed by atoms with Gasteiger partial charge < -0.3 is 9.67 Å². The molecule has 1 aromatic carbocycles. The third kappa shape index (κ3) is 1.98. The molecule has 3 aromatic rings. The number of pyridine rings is 2. The van der Waals surface area contributed by atoms with Crippen LogP contribution in [0.4, 0.5) is 0 Å². The van der Waals surface area contributed by atoms with E-state index in [0.717, 1.165) is 22.0 Å². The van der Waals surface area contributed by atoms with Gasteiger partial charge in [-0.25, -0.2) is 0 Å². The largest absolute Gasteiger partial charge is 0.506 e. The molecular formula is C16H15ClN2O2. The summed E-state index contributed by atoms with van der Waals surface area (Å²) in [5.41, 5.74) is 1.46. The molecule has 0 bridgehead atoms. The number of aromatic hydroxyl groups is 1. The van der Waals surface area contributed by atoms with E-state index >= 15 is 0 Å². The summed E-state index contributed by atoms with van der Waals surface area (Å²) in [4.78, 5) is 17.1. The summed E-state index contributed by atoms with van der Waals surface area (Å²) < 4.78 is 1.72. The summed E-state index contributed by atoms with van der Waals surface area (Å²) in [5, 5.41) is 12.1. The lowest BCUT2D eigenvalue weighted by atomic mass is 10.0. The van der Waals surface area contributed by atoms with Crippen molar-refractivity contribution in [2.45, 2.75) is 26.8 Å². The van der Waals surface area contributed by atoms with Gasteiger partial charge >= 0.3 is 0 Å². The molecule has 0 saturated carbocycles. The molecule has 1 N–H and O–H groups in total. The molecule has 0 aliphatic heterocycles. The van der Waals surface area contributed by atoms with Crippen LogP contribution in [0.25, 0.3) is 21.7 Å². The molecule has 0 unspecified atom stereocenters. The van der Waals surface area contributed by atoms with Crippen molar-refractivity contribution >= 4 is 33.3 Å². The molecular weight excluding hydrogens is 288 g/mol. The first-order valence-corrected chi connectivity index (χ1v) is 7.11. The Bertz CT molecular complexity index is 929. The monoisotopic (exact) mass is 302 g/mol. The van der Waals surface area contributed by atoms with Crippen molar-refractivity contribution in [1.29, 1.82) is 0 Å². The summed E-state index contributed by atoms with van der Waals surface area (Å²) in [6, 6.07) is 4.94. The molecule has 0 amide bonds. The van der Waals surface area contributed by atoms with E-state index in [1.807, 2.05) is 26.8 Å². The molecule has 0 radical (unpaired) electrons. The highest BCUT2D eigenvalue weighted by Gasteiger charge is 2.16. The second-order valence-corrected chi connectivity index (χ2v) is 5.82. The molecule has 2 aromatic heterocycles. The highest BCUT2D eigenvalue weighted by molar-refractivity contribution is 6.33. The lowest BCUT2D eigenvalue weighted by Gasteiger charge is -2.17. The smallest absolute Gasteiger partial charge is 0.259 e. The fourth-order valence-corrected chi connectivity index (χ4v) is 2.93. The quantitative estimate of drug-likeness (QED) is 0.696. The number of halogens is 1. The number of rotatable bonds is 1. The fourth-order valence-electron chi connectivity index (χ4n) is 2.77. The van der Waals surface area contributed by atoms with Crippen LogP contribution in [-0.2, 0) is 0 Å². The van der Waals surface area contributed by atoms with Gasteiger partial charge in [-0.3, -0.25) is 9.78 Å². The van der Waals surface area contributed by atoms with E-state index in [0.29, 0.717) is 5.39 Å². The number of fused-ring (bicyclic) bond motifs is 3. The van der Waals surface area contributed by atoms with E-state index < -0.39 is 0 Å². The molecule has 0 fully saturated rings. The Morgan fingerprint density at radius 2 is 1.95 bits per heavy atom. The van der Waals surface area contributed by atoms with E-state index in [4.69, 9.17) is 11.6 Å². The molecule has 0 saturated heterocycles. The van der Waals surface area contributed by atoms with Crippen LogP contribution < -0.4 is 5.56 Å². The third-order valence-corrected chi connectivity index (χ3v) is 3.99. The summed E-state index contributed by atoms with van der Waals surface area (Å²) in [6.45, 7) is 5.79. The van der Waals surface area contributed by atoms with E-state index in [9.17, 15) is 9.90 Å². The SMILES string of the molecule is Cc1nccc2c3cc(Cl)c(O)cc3c(=O)n(C(C)C)c12. The zero-order valence-corrected chi connectivity index (χ0v) is 12.8. The van der Waals surface area contributed by atoms with Crippen LogP contribution in [0.1, 0.15) is 25.6 Å².